The Hall–Kier alpha value is -0.980. The van der Waals surface area contributed by atoms with Crippen LogP contribution in [0.1, 0.15) is 93.9 Å². The van der Waals surface area contributed by atoms with Gasteiger partial charge in [-0.15, -0.1) is 7.92 Å². The highest BCUT2D eigenvalue weighted by molar-refractivity contribution is 7.57. The molecule has 0 aromatic heterocycles. The lowest BCUT2D eigenvalue weighted by Gasteiger charge is -2.16. The van der Waals surface area contributed by atoms with Crippen molar-refractivity contribution < 1.29 is 19.1 Å². The lowest BCUT2D eigenvalue weighted by molar-refractivity contribution is 0.0479. The van der Waals surface area contributed by atoms with Gasteiger partial charge < -0.3 is 9.47 Å². The molecule has 6 heteroatoms. The van der Waals surface area contributed by atoms with E-state index in [-0.39, 0.29) is 34.2 Å². The van der Waals surface area contributed by atoms with E-state index in [2.05, 4.69) is 20.8 Å². The molecule has 0 heterocycles. The summed E-state index contributed by atoms with van der Waals surface area (Å²) in [6, 6.07) is 6.44. The zero-order chi connectivity index (χ0) is 21.9. The highest BCUT2D eigenvalue weighted by atomic mass is 31.1. The van der Waals surface area contributed by atoms with Crippen LogP contribution in [0.25, 0.3) is 0 Å². The number of esters is 2. The van der Waals surface area contributed by atoms with E-state index in [0.717, 1.165) is 0 Å². The molecule has 0 radical (unpaired) electrons. The summed E-state index contributed by atoms with van der Waals surface area (Å²) in [7, 11) is 0.422. The Morgan fingerprint density at radius 3 is 1.30 bits per heavy atom. The molecular formula is C24H44O4P2. The van der Waals surface area contributed by atoms with Crippen molar-refractivity contribution in [1.29, 1.82) is 0 Å². The smallest absolute Gasteiger partial charge is 0.338 e. The maximum atomic E-state index is 11.5. The van der Waals surface area contributed by atoms with Crippen LogP contribution in [-0.4, -0.2) is 43.6 Å². The topological polar surface area (TPSA) is 52.6 Å². The quantitative estimate of drug-likeness (QED) is 0.237. The molecule has 1 unspecified atom stereocenters. The van der Waals surface area contributed by atoms with Crippen molar-refractivity contribution in [3.05, 3.63) is 35.4 Å². The van der Waals surface area contributed by atoms with Crippen LogP contribution in [0.4, 0.5) is 0 Å². The predicted molar refractivity (Wildman–Crippen MR) is 136 cm³/mol. The van der Waals surface area contributed by atoms with Gasteiger partial charge in [-0.1, -0.05) is 52.2 Å². The van der Waals surface area contributed by atoms with Crippen molar-refractivity contribution in [2.75, 3.05) is 31.7 Å². The molecule has 0 bridgehead atoms. The molecule has 0 aliphatic rings. The second kappa shape index (κ2) is 21.3. The molecule has 174 valence electrons. The van der Waals surface area contributed by atoms with E-state index in [4.69, 9.17) is 9.47 Å². The number of carbonyl (C=O) groups is 2. The number of carbonyl (C=O) groups excluding carboxylic acids is 2. The third kappa shape index (κ3) is 14.1. The Balaban J connectivity index is 0. The van der Waals surface area contributed by atoms with Gasteiger partial charge in [0.1, 0.15) is 0 Å². The summed E-state index contributed by atoms with van der Waals surface area (Å²) in [5, 5.41) is 0. The molecule has 4 nitrogen and oxygen atoms in total. The first kappa shape index (κ1) is 31.2. The van der Waals surface area contributed by atoms with E-state index in [9.17, 15) is 9.59 Å². The zero-order valence-electron chi connectivity index (χ0n) is 19.9. The lowest BCUT2D eigenvalue weighted by Crippen LogP contribution is -2.13. The van der Waals surface area contributed by atoms with Crippen molar-refractivity contribution in [3.8, 4) is 0 Å². The number of rotatable bonds is 13. The molecule has 0 fully saturated rings. The average molecular weight is 459 g/mol. The third-order valence-electron chi connectivity index (χ3n) is 4.40. The molecule has 1 aromatic rings. The van der Waals surface area contributed by atoms with Gasteiger partial charge in [-0.2, -0.15) is 9.90 Å². The Kier molecular flexibility index (Phi) is 22.1. The maximum Gasteiger partial charge on any atom is 0.338 e. The Morgan fingerprint density at radius 2 is 1.03 bits per heavy atom. The summed E-state index contributed by atoms with van der Waals surface area (Å²) in [5.41, 5.74) is 0.477. The van der Waals surface area contributed by atoms with Crippen LogP contribution in [0.5, 0.6) is 0 Å². The molecule has 0 spiro atoms. The second-order valence-electron chi connectivity index (χ2n) is 6.89. The first-order chi connectivity index (χ1) is 14.0. The van der Waals surface area contributed by atoms with Crippen molar-refractivity contribution in [1.82, 2.24) is 0 Å². The van der Waals surface area contributed by atoms with E-state index >= 15 is 0 Å². The SMILES string of the molecule is CCCCP(CCCC)CCCC.CCOC(=O)c1ccccc1C(=O)OCC.P. The molecule has 0 saturated carbocycles. The maximum absolute atomic E-state index is 11.5. The Morgan fingerprint density at radius 1 is 0.700 bits per heavy atom. The number of benzene rings is 1. The molecule has 0 aliphatic heterocycles. The van der Waals surface area contributed by atoms with Crippen molar-refractivity contribution >= 4 is 29.8 Å². The minimum absolute atomic E-state index is 0. The molecule has 30 heavy (non-hydrogen) atoms. The summed E-state index contributed by atoms with van der Waals surface area (Å²) >= 11 is 0. The number of unbranched alkanes of at least 4 members (excludes halogenated alkanes) is 3. The zero-order valence-corrected chi connectivity index (χ0v) is 22.2. The van der Waals surface area contributed by atoms with E-state index in [1.165, 1.54) is 38.5 Å². The number of hydrogen-bond acceptors (Lipinski definition) is 4. The molecular weight excluding hydrogens is 414 g/mol. The van der Waals surface area contributed by atoms with E-state index in [0.29, 0.717) is 7.92 Å². The second-order valence-corrected chi connectivity index (χ2v) is 9.57. The van der Waals surface area contributed by atoms with Gasteiger partial charge in [0.15, 0.2) is 0 Å². The fourth-order valence-electron chi connectivity index (χ4n) is 2.74. The molecule has 0 N–H and O–H groups in total. The van der Waals surface area contributed by atoms with Gasteiger partial charge in [0.25, 0.3) is 0 Å². The fraction of sp³-hybridized carbons (Fsp3) is 0.667. The minimum Gasteiger partial charge on any atom is -0.462 e. The first-order valence-corrected chi connectivity index (χ1v) is 13.1. The van der Waals surface area contributed by atoms with Gasteiger partial charge in [-0.3, -0.25) is 0 Å². The Labute approximate surface area is 189 Å². The van der Waals surface area contributed by atoms with Gasteiger partial charge in [0, 0.05) is 0 Å². The van der Waals surface area contributed by atoms with Gasteiger partial charge in [0.05, 0.1) is 24.3 Å². The van der Waals surface area contributed by atoms with E-state index in [1.54, 1.807) is 56.6 Å². The lowest BCUT2D eigenvalue weighted by atomic mass is 10.1. The molecule has 1 rings (SSSR count). The largest absolute Gasteiger partial charge is 0.462 e. The van der Waals surface area contributed by atoms with Crippen LogP contribution in [0.2, 0.25) is 0 Å². The monoisotopic (exact) mass is 458 g/mol. The van der Waals surface area contributed by atoms with Crippen molar-refractivity contribution in [3.63, 3.8) is 0 Å². The van der Waals surface area contributed by atoms with Crippen molar-refractivity contribution in [2.45, 2.75) is 73.1 Å². The molecule has 1 aromatic carbocycles. The van der Waals surface area contributed by atoms with Crippen molar-refractivity contribution in [2.24, 2.45) is 0 Å². The summed E-state index contributed by atoms with van der Waals surface area (Å²) < 4.78 is 9.70. The summed E-state index contributed by atoms with van der Waals surface area (Å²) in [4.78, 5) is 23.1. The molecule has 0 amide bonds. The number of hydrogen-bond donors (Lipinski definition) is 0. The molecule has 0 aliphatic carbocycles. The van der Waals surface area contributed by atoms with Crippen LogP contribution in [0.15, 0.2) is 24.3 Å². The fourth-order valence-corrected chi connectivity index (χ4v) is 5.70. The van der Waals surface area contributed by atoms with E-state index in [1.807, 2.05) is 0 Å². The Bertz CT molecular complexity index is 508. The minimum atomic E-state index is -0.508. The van der Waals surface area contributed by atoms with Gasteiger partial charge in [-0.05, 0) is 63.7 Å². The third-order valence-corrected chi connectivity index (χ3v) is 7.25. The van der Waals surface area contributed by atoms with Gasteiger partial charge in [0.2, 0.25) is 0 Å². The first-order valence-electron chi connectivity index (χ1n) is 11.2. The van der Waals surface area contributed by atoms with Crippen LogP contribution in [0.3, 0.4) is 0 Å². The van der Waals surface area contributed by atoms with Gasteiger partial charge in [-0.25, -0.2) is 9.59 Å². The number of ether oxygens (including phenoxy) is 2. The molecule has 0 saturated heterocycles. The highest BCUT2D eigenvalue weighted by Crippen LogP contribution is 2.38. The highest BCUT2D eigenvalue weighted by Gasteiger charge is 2.17. The predicted octanol–water partition coefficient (Wildman–Crippen LogP) is 6.97. The summed E-state index contributed by atoms with van der Waals surface area (Å²) in [6.07, 6.45) is 13.2. The standard InChI is InChI=1S/C12H14O4.C12H27P.H3P/c1-3-15-11(13)9-7-5-6-8-10(9)12(14)16-4-2;1-4-7-10-13(11-8-5-2)12-9-6-3;/h5-8H,3-4H2,1-2H3;4-12H2,1-3H3;1H3. The van der Waals surface area contributed by atoms with Crippen LogP contribution in [-0.2, 0) is 9.47 Å². The molecule has 1 atom stereocenters. The van der Waals surface area contributed by atoms with Crippen LogP contribution < -0.4 is 0 Å². The summed E-state index contributed by atoms with van der Waals surface area (Å²) in [5.74, 6) is -1.02. The van der Waals surface area contributed by atoms with Gasteiger partial charge >= 0.3 is 11.9 Å². The summed E-state index contributed by atoms with van der Waals surface area (Å²) in [6.45, 7) is 10.9. The van der Waals surface area contributed by atoms with Crippen LogP contribution >= 0.6 is 17.8 Å². The normalized spacial score (nSPS) is 9.93. The average Bonchev–Trinajstić information content (AvgIpc) is 2.74. The van der Waals surface area contributed by atoms with E-state index < -0.39 is 11.9 Å². The van der Waals surface area contributed by atoms with Crippen LogP contribution in [0, 0.1) is 0 Å².